The van der Waals surface area contributed by atoms with Crippen molar-refractivity contribution in [2.45, 2.75) is 13.0 Å². The Balaban J connectivity index is 2.08. The maximum absolute atomic E-state index is 13.1. The van der Waals surface area contributed by atoms with Gasteiger partial charge in [-0.1, -0.05) is 0 Å². The van der Waals surface area contributed by atoms with Crippen LogP contribution >= 0.6 is 15.9 Å². The number of carbonyl (C=O) groups excluding carboxylic acids is 2. The minimum atomic E-state index is -1.13. The average Bonchev–Trinajstić information content (AvgIpc) is 2.87. The molecule has 0 aliphatic carbocycles. The molecule has 1 atom stereocenters. The van der Waals surface area contributed by atoms with E-state index < -0.39 is 29.5 Å². The second-order valence-electron chi connectivity index (χ2n) is 4.27. The van der Waals surface area contributed by atoms with Gasteiger partial charge in [0, 0.05) is 16.2 Å². The minimum absolute atomic E-state index is 0.0677. The smallest absolute Gasteiger partial charge is 0.355 e. The summed E-state index contributed by atoms with van der Waals surface area (Å²) < 4.78 is 31.5. The Morgan fingerprint density at radius 2 is 1.95 bits per heavy atom. The van der Waals surface area contributed by atoms with E-state index in [-0.39, 0.29) is 11.3 Å². The molecule has 2 aromatic rings. The largest absolute Gasteiger partial charge is 0.450 e. The normalized spacial score (nSPS) is 12.0. The van der Waals surface area contributed by atoms with Crippen molar-refractivity contribution in [1.29, 1.82) is 0 Å². The summed E-state index contributed by atoms with van der Waals surface area (Å²) >= 11 is 3.16. The fraction of sp³-hybridized carbons (Fsp3) is 0.143. The first-order chi connectivity index (χ1) is 9.88. The lowest BCUT2D eigenvalue weighted by Gasteiger charge is -2.11. The van der Waals surface area contributed by atoms with E-state index in [0.29, 0.717) is 4.47 Å². The van der Waals surface area contributed by atoms with Crippen LogP contribution in [0.5, 0.6) is 0 Å². The summed E-state index contributed by atoms with van der Waals surface area (Å²) in [5.74, 6) is -3.52. The summed E-state index contributed by atoms with van der Waals surface area (Å²) in [5.41, 5.74) is 0.105. The van der Waals surface area contributed by atoms with Crippen molar-refractivity contribution < 1.29 is 23.1 Å². The first kappa shape index (κ1) is 15.4. The number of aromatic amines is 1. The highest BCUT2D eigenvalue weighted by Crippen LogP contribution is 2.15. The van der Waals surface area contributed by atoms with Gasteiger partial charge >= 0.3 is 5.97 Å². The van der Waals surface area contributed by atoms with E-state index in [1.54, 1.807) is 6.20 Å². The number of aromatic nitrogens is 1. The van der Waals surface area contributed by atoms with Gasteiger partial charge in [0.1, 0.15) is 5.69 Å². The number of benzene rings is 1. The fourth-order valence-corrected chi connectivity index (χ4v) is 1.99. The Labute approximate surface area is 127 Å². The van der Waals surface area contributed by atoms with Crippen molar-refractivity contribution in [2.75, 3.05) is 0 Å². The van der Waals surface area contributed by atoms with Gasteiger partial charge in [-0.3, -0.25) is 4.79 Å². The molecule has 0 bridgehead atoms. The molecule has 4 nitrogen and oxygen atoms in total. The standard InChI is InChI=1S/C14H10BrF2NO3/c1-7(21-14(20)12-5-9(15)6-18-12)13(19)8-2-3-10(16)11(17)4-8/h2-7,18H,1H3. The van der Waals surface area contributed by atoms with Gasteiger partial charge in [-0.15, -0.1) is 0 Å². The predicted octanol–water partition coefficient (Wildman–Crippen LogP) is 3.48. The quantitative estimate of drug-likeness (QED) is 0.673. The molecule has 21 heavy (non-hydrogen) atoms. The predicted molar refractivity (Wildman–Crippen MR) is 74.1 cm³/mol. The van der Waals surface area contributed by atoms with Crippen LogP contribution in [0.3, 0.4) is 0 Å². The number of nitrogens with one attached hydrogen (secondary N) is 1. The molecular formula is C14H10BrF2NO3. The molecule has 0 amide bonds. The van der Waals surface area contributed by atoms with E-state index in [1.807, 2.05) is 0 Å². The van der Waals surface area contributed by atoms with Gasteiger partial charge in [0.2, 0.25) is 5.78 Å². The van der Waals surface area contributed by atoms with Crippen molar-refractivity contribution in [3.8, 4) is 0 Å². The molecule has 0 spiro atoms. The van der Waals surface area contributed by atoms with Crippen LogP contribution in [0.25, 0.3) is 0 Å². The zero-order valence-electron chi connectivity index (χ0n) is 10.8. The summed E-state index contributed by atoms with van der Waals surface area (Å²) in [4.78, 5) is 26.4. The van der Waals surface area contributed by atoms with Gasteiger partial charge < -0.3 is 9.72 Å². The highest BCUT2D eigenvalue weighted by Gasteiger charge is 2.22. The molecule has 2 rings (SSSR count). The van der Waals surface area contributed by atoms with Crippen LogP contribution in [0, 0.1) is 11.6 Å². The molecule has 0 aliphatic rings. The number of ether oxygens (including phenoxy) is 1. The molecule has 1 N–H and O–H groups in total. The highest BCUT2D eigenvalue weighted by molar-refractivity contribution is 9.10. The van der Waals surface area contributed by atoms with Crippen molar-refractivity contribution in [3.63, 3.8) is 0 Å². The highest BCUT2D eigenvalue weighted by atomic mass is 79.9. The van der Waals surface area contributed by atoms with Gasteiger partial charge in [-0.2, -0.15) is 0 Å². The molecular weight excluding hydrogens is 348 g/mol. The van der Waals surface area contributed by atoms with Crippen LogP contribution in [-0.4, -0.2) is 22.8 Å². The molecule has 1 aromatic carbocycles. The van der Waals surface area contributed by atoms with E-state index >= 15 is 0 Å². The molecule has 1 aromatic heterocycles. The summed E-state index contributed by atoms with van der Waals surface area (Å²) in [5, 5.41) is 0. The first-order valence-electron chi connectivity index (χ1n) is 5.92. The Bertz CT molecular complexity index is 699. The third-order valence-corrected chi connectivity index (χ3v) is 3.18. The van der Waals surface area contributed by atoms with E-state index in [9.17, 15) is 18.4 Å². The number of hydrogen-bond acceptors (Lipinski definition) is 3. The third kappa shape index (κ3) is 3.55. The number of halogens is 3. The maximum atomic E-state index is 13.1. The summed E-state index contributed by atoms with van der Waals surface area (Å²) in [7, 11) is 0. The van der Waals surface area contributed by atoms with Gasteiger partial charge in [0.25, 0.3) is 0 Å². The number of carbonyl (C=O) groups is 2. The number of H-pyrrole nitrogens is 1. The van der Waals surface area contributed by atoms with Crippen molar-refractivity contribution in [1.82, 2.24) is 4.98 Å². The number of Topliss-reactive ketones (excluding diaryl/α,β-unsaturated/α-hetero) is 1. The first-order valence-corrected chi connectivity index (χ1v) is 6.72. The van der Waals surface area contributed by atoms with Gasteiger partial charge in [-0.05, 0) is 47.1 Å². The van der Waals surface area contributed by atoms with Gasteiger partial charge in [0.05, 0.1) is 0 Å². The van der Waals surface area contributed by atoms with E-state index in [1.165, 1.54) is 13.0 Å². The molecule has 0 radical (unpaired) electrons. The number of rotatable bonds is 4. The molecule has 110 valence electrons. The van der Waals surface area contributed by atoms with Crippen LogP contribution < -0.4 is 0 Å². The topological polar surface area (TPSA) is 59.2 Å². The summed E-state index contributed by atoms with van der Waals surface area (Å²) in [6, 6.07) is 4.25. The molecule has 0 saturated carbocycles. The second-order valence-corrected chi connectivity index (χ2v) is 5.19. The molecule has 7 heteroatoms. The van der Waals surface area contributed by atoms with E-state index in [2.05, 4.69) is 20.9 Å². The fourth-order valence-electron chi connectivity index (χ4n) is 1.65. The zero-order valence-corrected chi connectivity index (χ0v) is 12.4. The Hall–Kier alpha value is -2.02. The van der Waals surface area contributed by atoms with Crippen molar-refractivity contribution in [3.05, 3.63) is 57.8 Å². The van der Waals surface area contributed by atoms with Crippen LogP contribution in [-0.2, 0) is 4.74 Å². The van der Waals surface area contributed by atoms with Gasteiger partial charge in [0.15, 0.2) is 17.7 Å². The lowest BCUT2D eigenvalue weighted by molar-refractivity contribution is 0.0313. The SMILES string of the molecule is CC(OC(=O)c1cc(Br)c[nH]1)C(=O)c1ccc(F)c(F)c1. The zero-order chi connectivity index (χ0) is 15.6. The van der Waals surface area contributed by atoms with E-state index in [0.717, 1.165) is 18.2 Å². The summed E-state index contributed by atoms with van der Waals surface area (Å²) in [6.07, 6.45) is 0.419. The third-order valence-electron chi connectivity index (χ3n) is 2.72. The number of ketones is 1. The van der Waals surface area contributed by atoms with E-state index in [4.69, 9.17) is 4.74 Å². The minimum Gasteiger partial charge on any atom is -0.450 e. The van der Waals surface area contributed by atoms with Gasteiger partial charge in [-0.25, -0.2) is 13.6 Å². The number of esters is 1. The Kier molecular flexibility index (Phi) is 4.52. The number of hydrogen-bond donors (Lipinski definition) is 1. The lowest BCUT2D eigenvalue weighted by Crippen LogP contribution is -2.24. The summed E-state index contributed by atoms with van der Waals surface area (Å²) in [6.45, 7) is 1.36. The molecule has 1 unspecified atom stereocenters. The Morgan fingerprint density at radius 1 is 1.24 bits per heavy atom. The lowest BCUT2D eigenvalue weighted by atomic mass is 10.1. The van der Waals surface area contributed by atoms with Crippen LogP contribution in [0.1, 0.15) is 27.8 Å². The molecule has 1 heterocycles. The van der Waals surface area contributed by atoms with Crippen LogP contribution in [0.2, 0.25) is 0 Å². The Morgan fingerprint density at radius 3 is 2.52 bits per heavy atom. The second kappa shape index (κ2) is 6.17. The maximum Gasteiger partial charge on any atom is 0.355 e. The van der Waals surface area contributed by atoms with Crippen molar-refractivity contribution >= 4 is 27.7 Å². The monoisotopic (exact) mass is 357 g/mol. The van der Waals surface area contributed by atoms with Crippen LogP contribution in [0.4, 0.5) is 8.78 Å². The molecule has 0 saturated heterocycles. The molecule has 0 aliphatic heterocycles. The molecule has 0 fully saturated rings. The van der Waals surface area contributed by atoms with Crippen molar-refractivity contribution in [2.24, 2.45) is 0 Å². The average molecular weight is 358 g/mol. The van der Waals surface area contributed by atoms with Crippen LogP contribution in [0.15, 0.2) is 34.9 Å².